The van der Waals surface area contributed by atoms with Crippen LogP contribution in [0, 0.1) is 6.92 Å². The van der Waals surface area contributed by atoms with E-state index in [2.05, 4.69) is 85.0 Å². The number of allylic oxidation sites excluding steroid dienone is 1. The predicted octanol–water partition coefficient (Wildman–Crippen LogP) is 6.10. The van der Waals surface area contributed by atoms with Gasteiger partial charge in [0.05, 0.1) is 7.11 Å². The molecule has 6 nitrogen and oxygen atoms in total. The van der Waals surface area contributed by atoms with Gasteiger partial charge in [-0.1, -0.05) is 42.5 Å². The first-order valence-corrected chi connectivity index (χ1v) is 16.2. The van der Waals surface area contributed by atoms with Crippen LogP contribution in [-0.2, 0) is 11.3 Å². The molecule has 6 heteroatoms. The van der Waals surface area contributed by atoms with Crippen LogP contribution in [0.15, 0.2) is 48.5 Å². The van der Waals surface area contributed by atoms with Crippen LogP contribution in [-0.4, -0.2) is 85.6 Å². The lowest BCUT2D eigenvalue weighted by Gasteiger charge is -2.37. The SMILES string of the molecule is COc1cccc2c1C(CCCN1CCN(CCN(C(C)C)C(C)C)CC1)CCC=C2C(=O)NCc1ccccc1C. The summed E-state index contributed by atoms with van der Waals surface area (Å²) in [6.45, 7) is 19.9. The summed E-state index contributed by atoms with van der Waals surface area (Å²) in [6, 6.07) is 15.6. The molecule has 1 heterocycles. The van der Waals surface area contributed by atoms with Crippen LogP contribution in [0.4, 0.5) is 0 Å². The van der Waals surface area contributed by atoms with E-state index in [-0.39, 0.29) is 5.91 Å². The highest BCUT2D eigenvalue weighted by Crippen LogP contribution is 2.41. The zero-order valence-corrected chi connectivity index (χ0v) is 27.0. The third-order valence-electron chi connectivity index (χ3n) is 9.29. The van der Waals surface area contributed by atoms with Gasteiger partial charge in [0.2, 0.25) is 0 Å². The highest BCUT2D eigenvalue weighted by molar-refractivity contribution is 6.20. The second-order valence-electron chi connectivity index (χ2n) is 12.7. The van der Waals surface area contributed by atoms with Gasteiger partial charge in [-0.2, -0.15) is 0 Å². The number of carbonyl (C=O) groups is 1. The van der Waals surface area contributed by atoms with E-state index >= 15 is 0 Å². The summed E-state index contributed by atoms with van der Waals surface area (Å²) in [7, 11) is 1.75. The van der Waals surface area contributed by atoms with Crippen LogP contribution >= 0.6 is 0 Å². The maximum Gasteiger partial charge on any atom is 0.251 e. The minimum Gasteiger partial charge on any atom is -0.496 e. The Kier molecular flexibility index (Phi) is 12.1. The number of rotatable bonds is 13. The van der Waals surface area contributed by atoms with Crippen LogP contribution in [0.2, 0.25) is 0 Å². The number of carbonyl (C=O) groups excluding carboxylic acids is 1. The van der Waals surface area contributed by atoms with Gasteiger partial charge in [-0.25, -0.2) is 0 Å². The number of amides is 1. The molecule has 0 spiro atoms. The third kappa shape index (κ3) is 8.46. The van der Waals surface area contributed by atoms with Crippen molar-refractivity contribution in [1.29, 1.82) is 0 Å². The molecule has 230 valence electrons. The minimum atomic E-state index is -0.00353. The Hall–Kier alpha value is -2.67. The molecule has 1 aliphatic carbocycles. The van der Waals surface area contributed by atoms with Gasteiger partial charge in [0.15, 0.2) is 0 Å². The van der Waals surface area contributed by atoms with E-state index < -0.39 is 0 Å². The summed E-state index contributed by atoms with van der Waals surface area (Å²) in [6.07, 6.45) is 6.35. The number of hydrogen-bond donors (Lipinski definition) is 1. The number of piperazine rings is 1. The first-order chi connectivity index (χ1) is 20.3. The monoisotopic (exact) mass is 574 g/mol. The van der Waals surface area contributed by atoms with Crippen LogP contribution in [0.1, 0.15) is 81.5 Å². The number of aryl methyl sites for hydroxylation is 1. The number of methoxy groups -OCH3 is 1. The van der Waals surface area contributed by atoms with Crippen molar-refractivity contribution in [3.63, 3.8) is 0 Å². The second kappa shape index (κ2) is 15.7. The van der Waals surface area contributed by atoms with Crippen molar-refractivity contribution in [2.45, 2.75) is 84.8 Å². The van der Waals surface area contributed by atoms with Crippen molar-refractivity contribution in [2.75, 3.05) is 52.9 Å². The molecule has 2 aromatic carbocycles. The van der Waals surface area contributed by atoms with Crippen molar-refractivity contribution in [3.8, 4) is 5.75 Å². The molecule has 2 aromatic rings. The number of fused-ring (bicyclic) bond motifs is 1. The highest BCUT2D eigenvalue weighted by atomic mass is 16.5. The molecule has 1 aliphatic heterocycles. The van der Waals surface area contributed by atoms with E-state index in [1.165, 1.54) is 11.1 Å². The zero-order chi connectivity index (χ0) is 30.1. The molecule has 1 amide bonds. The smallest absolute Gasteiger partial charge is 0.251 e. The predicted molar refractivity (Wildman–Crippen MR) is 175 cm³/mol. The molecule has 1 atom stereocenters. The van der Waals surface area contributed by atoms with Crippen molar-refractivity contribution >= 4 is 11.5 Å². The molecular formula is C36H54N4O2. The fourth-order valence-corrected chi connectivity index (χ4v) is 6.81. The summed E-state index contributed by atoms with van der Waals surface area (Å²) < 4.78 is 5.87. The van der Waals surface area contributed by atoms with E-state index in [1.54, 1.807) is 7.11 Å². The summed E-state index contributed by atoms with van der Waals surface area (Å²) in [4.78, 5) is 21.3. The Morgan fingerprint density at radius 2 is 1.67 bits per heavy atom. The molecule has 1 unspecified atom stereocenters. The Morgan fingerprint density at radius 1 is 0.976 bits per heavy atom. The van der Waals surface area contributed by atoms with E-state index in [1.807, 2.05) is 18.2 Å². The maximum absolute atomic E-state index is 13.5. The Bertz CT molecular complexity index is 1170. The summed E-state index contributed by atoms with van der Waals surface area (Å²) >= 11 is 0. The quantitative estimate of drug-likeness (QED) is 0.313. The minimum absolute atomic E-state index is 0.00353. The Balaban J connectivity index is 1.32. The maximum atomic E-state index is 13.5. The van der Waals surface area contributed by atoms with Gasteiger partial charge in [0.25, 0.3) is 5.91 Å². The van der Waals surface area contributed by atoms with E-state index in [0.29, 0.717) is 24.5 Å². The van der Waals surface area contributed by atoms with Crippen molar-refractivity contribution in [1.82, 2.24) is 20.0 Å². The lowest BCUT2D eigenvalue weighted by Crippen LogP contribution is -2.50. The van der Waals surface area contributed by atoms with Gasteiger partial charge in [-0.15, -0.1) is 0 Å². The number of ether oxygens (including phenoxy) is 1. The summed E-state index contributed by atoms with van der Waals surface area (Å²) in [5, 5.41) is 3.18. The molecule has 1 fully saturated rings. The van der Waals surface area contributed by atoms with E-state index in [9.17, 15) is 4.79 Å². The largest absolute Gasteiger partial charge is 0.496 e. The van der Waals surface area contributed by atoms with Gasteiger partial charge >= 0.3 is 0 Å². The summed E-state index contributed by atoms with van der Waals surface area (Å²) in [5.74, 6) is 1.28. The molecule has 1 saturated heterocycles. The molecule has 0 bridgehead atoms. The number of benzene rings is 2. The van der Waals surface area contributed by atoms with Crippen LogP contribution in [0.3, 0.4) is 0 Å². The van der Waals surface area contributed by atoms with Gasteiger partial charge in [-0.05, 0) is 95.5 Å². The Labute approximate surface area is 255 Å². The highest BCUT2D eigenvalue weighted by Gasteiger charge is 2.27. The number of nitrogens with one attached hydrogen (secondary N) is 1. The fourth-order valence-electron chi connectivity index (χ4n) is 6.81. The van der Waals surface area contributed by atoms with Gasteiger partial charge in [0, 0.05) is 69.0 Å². The molecule has 1 N–H and O–H groups in total. The van der Waals surface area contributed by atoms with Crippen molar-refractivity contribution in [2.24, 2.45) is 0 Å². The van der Waals surface area contributed by atoms with E-state index in [4.69, 9.17) is 4.74 Å². The van der Waals surface area contributed by atoms with Gasteiger partial charge in [-0.3, -0.25) is 14.6 Å². The van der Waals surface area contributed by atoms with Crippen LogP contribution in [0.5, 0.6) is 5.75 Å². The molecule has 0 radical (unpaired) electrons. The lowest BCUT2D eigenvalue weighted by molar-refractivity contribution is -0.115. The lowest BCUT2D eigenvalue weighted by atomic mass is 9.86. The molecule has 4 rings (SSSR count). The normalized spacial score (nSPS) is 18.2. The number of nitrogens with zero attached hydrogens (tertiary/aromatic N) is 3. The standard InChI is InChI=1S/C36H54N4O2/c1-27(2)40(28(3)4)25-24-39-22-20-38(21-23-39)19-11-15-30-14-9-17-33(32-16-10-18-34(42-6)35(30)32)36(41)37-26-31-13-8-7-12-29(31)5/h7-8,10,12-13,16-18,27-28,30H,9,11,14-15,19-26H2,1-6H3,(H,37,41). The Morgan fingerprint density at radius 3 is 2.33 bits per heavy atom. The molecule has 42 heavy (non-hydrogen) atoms. The van der Waals surface area contributed by atoms with E-state index in [0.717, 1.165) is 93.9 Å². The molecule has 0 saturated carbocycles. The first kappa shape index (κ1) is 32.2. The molecule has 0 aromatic heterocycles. The van der Waals surface area contributed by atoms with Crippen LogP contribution in [0.25, 0.3) is 5.57 Å². The number of hydrogen-bond acceptors (Lipinski definition) is 5. The van der Waals surface area contributed by atoms with Crippen LogP contribution < -0.4 is 10.1 Å². The second-order valence-corrected chi connectivity index (χ2v) is 12.7. The average molecular weight is 575 g/mol. The molecular weight excluding hydrogens is 520 g/mol. The fraction of sp³-hybridized carbons (Fsp3) is 0.583. The summed E-state index contributed by atoms with van der Waals surface area (Å²) in [5.41, 5.74) is 5.37. The average Bonchev–Trinajstić information content (AvgIpc) is 3.17. The third-order valence-corrected chi connectivity index (χ3v) is 9.29. The van der Waals surface area contributed by atoms with Gasteiger partial charge < -0.3 is 15.0 Å². The van der Waals surface area contributed by atoms with Crippen molar-refractivity contribution in [3.05, 3.63) is 70.8 Å². The molecule has 2 aliphatic rings. The first-order valence-electron chi connectivity index (χ1n) is 16.2. The van der Waals surface area contributed by atoms with Gasteiger partial charge in [0.1, 0.15) is 5.75 Å². The zero-order valence-electron chi connectivity index (χ0n) is 27.0. The topological polar surface area (TPSA) is 48.1 Å². The van der Waals surface area contributed by atoms with Crippen molar-refractivity contribution < 1.29 is 9.53 Å².